The van der Waals surface area contributed by atoms with Gasteiger partial charge in [0, 0.05) is 12.6 Å². The fourth-order valence-corrected chi connectivity index (χ4v) is 6.39. The first-order chi connectivity index (χ1) is 15.3. The van der Waals surface area contributed by atoms with Gasteiger partial charge in [0.1, 0.15) is 5.01 Å². The first-order valence-corrected chi connectivity index (χ1v) is 13.2. The summed E-state index contributed by atoms with van der Waals surface area (Å²) in [5, 5.41) is 0.576. The van der Waals surface area contributed by atoms with E-state index in [9.17, 15) is 16.8 Å². The molecule has 7 nitrogen and oxygen atoms in total. The van der Waals surface area contributed by atoms with Gasteiger partial charge in [-0.15, -0.1) is 11.3 Å². The minimum absolute atomic E-state index is 0.0293. The lowest BCUT2D eigenvalue weighted by Gasteiger charge is -2.20. The van der Waals surface area contributed by atoms with E-state index in [0.29, 0.717) is 10.7 Å². The molecule has 0 aliphatic rings. The largest absolute Gasteiger partial charge is 0.279 e. The number of hydrogen-bond donors (Lipinski definition) is 1. The number of rotatable bonds is 7. The van der Waals surface area contributed by atoms with Gasteiger partial charge in [0.15, 0.2) is 4.21 Å². The average molecular weight is 486 g/mol. The van der Waals surface area contributed by atoms with Crippen LogP contribution in [-0.2, 0) is 20.0 Å². The zero-order chi connectivity index (χ0) is 22.8. The van der Waals surface area contributed by atoms with Crippen molar-refractivity contribution in [3.05, 3.63) is 91.1 Å². The minimum Gasteiger partial charge on any atom is -0.279 e. The van der Waals surface area contributed by atoms with E-state index in [4.69, 9.17) is 0 Å². The van der Waals surface area contributed by atoms with Gasteiger partial charge in [-0.25, -0.2) is 21.8 Å². The SMILES string of the molecule is CN(c1ccccc1)S(=O)(=O)c1cccc(NS(=O)(=O)c2cnc(-c3ccccc3)s2)c1. The van der Waals surface area contributed by atoms with Crippen LogP contribution in [0.1, 0.15) is 0 Å². The molecule has 0 radical (unpaired) electrons. The molecule has 0 aliphatic carbocycles. The normalized spacial score (nSPS) is 11.8. The van der Waals surface area contributed by atoms with Gasteiger partial charge < -0.3 is 0 Å². The van der Waals surface area contributed by atoms with Crippen LogP contribution in [0.15, 0.2) is 100 Å². The molecule has 0 atom stereocenters. The van der Waals surface area contributed by atoms with Gasteiger partial charge in [0.2, 0.25) is 0 Å². The summed E-state index contributed by atoms with van der Waals surface area (Å²) in [6, 6.07) is 23.6. The number of sulfonamides is 2. The monoisotopic (exact) mass is 485 g/mol. The Morgan fingerprint density at radius 3 is 2.19 bits per heavy atom. The van der Waals surface area contributed by atoms with Gasteiger partial charge in [-0.1, -0.05) is 54.6 Å². The van der Waals surface area contributed by atoms with Crippen LogP contribution in [0.4, 0.5) is 11.4 Å². The van der Waals surface area contributed by atoms with E-state index in [2.05, 4.69) is 9.71 Å². The molecule has 0 saturated heterocycles. The molecule has 3 aromatic carbocycles. The van der Waals surface area contributed by atoms with Gasteiger partial charge in [0.05, 0.1) is 22.5 Å². The van der Waals surface area contributed by atoms with E-state index < -0.39 is 20.0 Å². The molecule has 0 unspecified atom stereocenters. The Hall–Kier alpha value is -3.21. The van der Waals surface area contributed by atoms with Gasteiger partial charge in [-0.3, -0.25) is 9.03 Å². The van der Waals surface area contributed by atoms with E-state index >= 15 is 0 Å². The summed E-state index contributed by atoms with van der Waals surface area (Å²) in [6.45, 7) is 0. The van der Waals surface area contributed by atoms with E-state index in [1.807, 2.05) is 30.3 Å². The lowest BCUT2D eigenvalue weighted by molar-refractivity contribution is 0.593. The Bertz CT molecular complexity index is 1440. The van der Waals surface area contributed by atoms with E-state index in [1.165, 1.54) is 37.5 Å². The molecule has 4 aromatic rings. The summed E-state index contributed by atoms with van der Waals surface area (Å²) in [7, 11) is -6.37. The summed E-state index contributed by atoms with van der Waals surface area (Å²) < 4.78 is 55.4. The third kappa shape index (κ3) is 4.52. The zero-order valence-electron chi connectivity index (χ0n) is 16.9. The van der Waals surface area contributed by atoms with Crippen LogP contribution in [0.25, 0.3) is 10.6 Å². The maximum absolute atomic E-state index is 13.0. The predicted molar refractivity (Wildman–Crippen MR) is 127 cm³/mol. The van der Waals surface area contributed by atoms with Gasteiger partial charge >= 0.3 is 0 Å². The Kier molecular flexibility index (Phi) is 6.00. The van der Waals surface area contributed by atoms with Crippen LogP contribution in [0.2, 0.25) is 0 Å². The Labute approximate surface area is 191 Å². The summed E-state index contributed by atoms with van der Waals surface area (Å²) in [5.41, 5.74) is 1.45. The lowest BCUT2D eigenvalue weighted by Crippen LogP contribution is -2.26. The molecular weight excluding hydrogens is 466 g/mol. The second kappa shape index (κ2) is 8.73. The van der Waals surface area contributed by atoms with Crippen molar-refractivity contribution in [2.45, 2.75) is 9.10 Å². The molecule has 1 heterocycles. The second-order valence-electron chi connectivity index (χ2n) is 6.79. The number of para-hydroxylation sites is 1. The third-order valence-corrected chi connectivity index (χ3v) is 9.30. The third-order valence-electron chi connectivity index (χ3n) is 4.63. The van der Waals surface area contributed by atoms with Crippen LogP contribution < -0.4 is 9.03 Å². The van der Waals surface area contributed by atoms with Gasteiger partial charge in [0.25, 0.3) is 20.0 Å². The lowest BCUT2D eigenvalue weighted by atomic mass is 10.2. The van der Waals surface area contributed by atoms with Crippen LogP contribution in [0.5, 0.6) is 0 Å². The average Bonchev–Trinajstić information content (AvgIpc) is 3.31. The highest BCUT2D eigenvalue weighted by atomic mass is 32.2. The predicted octanol–water partition coefficient (Wildman–Crippen LogP) is 4.44. The van der Waals surface area contributed by atoms with E-state index in [0.717, 1.165) is 21.2 Å². The number of benzene rings is 3. The standard InChI is InChI=1S/C22H19N3O4S3/c1-25(19-12-6-3-7-13-19)32(28,29)20-14-8-11-18(15-20)24-31(26,27)21-16-23-22(30-21)17-9-4-2-5-10-17/h2-16,24H,1H3. The van der Waals surface area contributed by atoms with E-state index in [1.54, 1.807) is 30.3 Å². The smallest absolute Gasteiger partial charge is 0.273 e. The number of hydrogen-bond acceptors (Lipinski definition) is 6. The molecule has 10 heteroatoms. The molecule has 1 N–H and O–H groups in total. The van der Waals surface area contributed by atoms with Crippen molar-refractivity contribution in [3.8, 4) is 10.6 Å². The number of thiazole rings is 1. The van der Waals surface area contributed by atoms with Crippen LogP contribution in [0, 0.1) is 0 Å². The van der Waals surface area contributed by atoms with Crippen molar-refractivity contribution >= 4 is 42.8 Å². The summed E-state index contributed by atoms with van der Waals surface area (Å²) >= 11 is 1.04. The molecule has 0 saturated carbocycles. The van der Waals surface area contributed by atoms with Gasteiger partial charge in [-0.2, -0.15) is 0 Å². The zero-order valence-corrected chi connectivity index (χ0v) is 19.4. The van der Waals surface area contributed by atoms with Crippen molar-refractivity contribution in [3.63, 3.8) is 0 Å². The first kappa shape index (κ1) is 22.0. The van der Waals surface area contributed by atoms with Crippen molar-refractivity contribution < 1.29 is 16.8 Å². The molecule has 4 rings (SSSR count). The Balaban J connectivity index is 1.59. The summed E-state index contributed by atoms with van der Waals surface area (Å²) in [4.78, 5) is 4.18. The first-order valence-electron chi connectivity index (χ1n) is 9.45. The molecular formula is C22H19N3O4S3. The summed E-state index contributed by atoms with van der Waals surface area (Å²) in [5.74, 6) is 0. The number of aromatic nitrogens is 1. The van der Waals surface area contributed by atoms with Crippen LogP contribution >= 0.6 is 11.3 Å². The van der Waals surface area contributed by atoms with Crippen LogP contribution in [0.3, 0.4) is 0 Å². The topological polar surface area (TPSA) is 96.4 Å². The molecule has 1 aromatic heterocycles. The highest BCUT2D eigenvalue weighted by molar-refractivity contribution is 7.94. The molecule has 0 bridgehead atoms. The summed E-state index contributed by atoms with van der Waals surface area (Å²) in [6.07, 6.45) is 1.29. The molecule has 0 spiro atoms. The number of anilines is 2. The molecule has 32 heavy (non-hydrogen) atoms. The molecule has 0 amide bonds. The Morgan fingerprint density at radius 1 is 0.844 bits per heavy atom. The quantitative estimate of drug-likeness (QED) is 0.418. The maximum atomic E-state index is 13.0. The molecule has 164 valence electrons. The van der Waals surface area contributed by atoms with Crippen molar-refractivity contribution in [1.82, 2.24) is 4.98 Å². The van der Waals surface area contributed by atoms with Gasteiger partial charge in [-0.05, 0) is 30.3 Å². The minimum atomic E-state index is -3.94. The fourth-order valence-electron chi connectivity index (χ4n) is 2.96. The molecule has 0 aliphatic heterocycles. The van der Waals surface area contributed by atoms with Crippen molar-refractivity contribution in [2.75, 3.05) is 16.1 Å². The highest BCUT2D eigenvalue weighted by Crippen LogP contribution is 2.30. The van der Waals surface area contributed by atoms with E-state index in [-0.39, 0.29) is 14.8 Å². The fraction of sp³-hybridized carbons (Fsp3) is 0.0455. The van der Waals surface area contributed by atoms with Crippen molar-refractivity contribution in [1.29, 1.82) is 0 Å². The number of nitrogens with zero attached hydrogens (tertiary/aromatic N) is 2. The Morgan fingerprint density at radius 2 is 1.50 bits per heavy atom. The highest BCUT2D eigenvalue weighted by Gasteiger charge is 2.23. The molecule has 0 fully saturated rings. The maximum Gasteiger partial charge on any atom is 0.273 e. The van der Waals surface area contributed by atoms with Crippen LogP contribution in [-0.4, -0.2) is 28.9 Å². The number of nitrogens with one attached hydrogen (secondary N) is 1. The van der Waals surface area contributed by atoms with Crippen molar-refractivity contribution in [2.24, 2.45) is 0 Å². The second-order valence-corrected chi connectivity index (χ2v) is 11.7.